The Morgan fingerprint density at radius 3 is 2.33 bits per heavy atom. The summed E-state index contributed by atoms with van der Waals surface area (Å²) in [5.41, 5.74) is 6.88. The van der Waals surface area contributed by atoms with E-state index in [2.05, 4.69) is 27.6 Å². The van der Waals surface area contributed by atoms with Crippen LogP contribution >= 0.6 is 34.2 Å². The quantitative estimate of drug-likeness (QED) is 0.284. The van der Waals surface area contributed by atoms with Gasteiger partial charge in [-0.05, 0) is 36.8 Å². The maximum absolute atomic E-state index is 12.5. The summed E-state index contributed by atoms with van der Waals surface area (Å²) >= 11 is 8.01. The first-order valence-electron chi connectivity index (χ1n) is 9.55. The van der Waals surface area contributed by atoms with Crippen LogP contribution in [0.3, 0.4) is 0 Å². The molecule has 3 rings (SSSR count). The number of benzene rings is 1. The predicted octanol–water partition coefficient (Wildman–Crippen LogP) is 3.38. The minimum absolute atomic E-state index is 0.0362. The number of rotatable bonds is 9. The average Bonchev–Trinajstić information content (AvgIpc) is 3.07. The van der Waals surface area contributed by atoms with Crippen molar-refractivity contribution in [2.75, 3.05) is 29.1 Å². The van der Waals surface area contributed by atoms with E-state index >= 15 is 0 Å². The van der Waals surface area contributed by atoms with Crippen LogP contribution in [0.5, 0.6) is 0 Å². The van der Waals surface area contributed by atoms with E-state index in [0.29, 0.717) is 26.0 Å². The molecule has 0 aliphatic carbocycles. The standard InChI is InChI=1S/C20H21ClIN3O6S2/c1-32(27,28)9-3-8-25(33(2,29)30)19-13(11-22)10-15-16(18(23)26)17(31-20(15)24-19)12-4-6-14(21)7-5-12/h4-7,10H,3,8-9,11H2,1-2H3,(H2,23,26). The normalized spacial score (nSPS) is 12.2. The lowest BCUT2D eigenvalue weighted by Gasteiger charge is -2.23. The molecule has 9 nitrogen and oxygen atoms in total. The number of anilines is 1. The van der Waals surface area contributed by atoms with Gasteiger partial charge in [0.1, 0.15) is 21.4 Å². The van der Waals surface area contributed by atoms with Crippen molar-refractivity contribution in [3.63, 3.8) is 0 Å². The molecule has 0 aliphatic rings. The zero-order valence-corrected chi connectivity index (χ0v) is 22.3. The van der Waals surface area contributed by atoms with E-state index in [1.165, 1.54) is 0 Å². The van der Waals surface area contributed by atoms with Gasteiger partial charge in [-0.1, -0.05) is 34.2 Å². The maximum atomic E-state index is 12.5. The number of nitrogens with zero attached hydrogens (tertiary/aromatic N) is 2. The molecule has 0 bridgehead atoms. The first-order chi connectivity index (χ1) is 15.3. The topological polar surface area (TPSA) is 141 Å². The molecule has 2 aromatic heterocycles. The number of hydrogen-bond acceptors (Lipinski definition) is 7. The van der Waals surface area contributed by atoms with Crippen molar-refractivity contribution < 1.29 is 26.0 Å². The molecule has 0 saturated carbocycles. The highest BCUT2D eigenvalue weighted by Gasteiger charge is 2.27. The largest absolute Gasteiger partial charge is 0.437 e. The van der Waals surface area contributed by atoms with E-state index in [1.807, 2.05) is 0 Å². The van der Waals surface area contributed by atoms with Gasteiger partial charge in [0.25, 0.3) is 5.91 Å². The Balaban J connectivity index is 2.20. The van der Waals surface area contributed by atoms with Crippen LogP contribution in [0.15, 0.2) is 34.7 Å². The smallest absolute Gasteiger partial charge is 0.253 e. The molecular weight excluding hydrogens is 605 g/mol. The second-order valence-electron chi connectivity index (χ2n) is 7.45. The highest BCUT2D eigenvalue weighted by atomic mass is 127. The Kier molecular flexibility index (Phi) is 7.61. The minimum atomic E-state index is -3.79. The van der Waals surface area contributed by atoms with E-state index < -0.39 is 25.8 Å². The van der Waals surface area contributed by atoms with E-state index in [9.17, 15) is 21.6 Å². The maximum Gasteiger partial charge on any atom is 0.253 e. The van der Waals surface area contributed by atoms with Crippen LogP contribution in [0.25, 0.3) is 22.4 Å². The Labute approximate surface area is 210 Å². The Bertz CT molecular complexity index is 1420. The number of hydrogen-bond donors (Lipinski definition) is 1. The predicted molar refractivity (Wildman–Crippen MR) is 137 cm³/mol. The van der Waals surface area contributed by atoms with Crippen LogP contribution < -0.4 is 10.0 Å². The molecular formula is C20H21ClIN3O6S2. The van der Waals surface area contributed by atoms with E-state index in [-0.39, 0.29) is 41.6 Å². The molecule has 3 aromatic rings. The number of halogens is 2. The molecule has 178 valence electrons. The van der Waals surface area contributed by atoms with Crippen LogP contribution in [0.4, 0.5) is 5.82 Å². The van der Waals surface area contributed by atoms with Gasteiger partial charge >= 0.3 is 0 Å². The van der Waals surface area contributed by atoms with Gasteiger partial charge in [0, 0.05) is 33.4 Å². The third-order valence-corrected chi connectivity index (χ3v) is 8.01. The van der Waals surface area contributed by atoms with Crippen LogP contribution in [0, 0.1) is 0 Å². The van der Waals surface area contributed by atoms with Gasteiger partial charge in [0.05, 0.1) is 23.0 Å². The molecule has 2 heterocycles. The Morgan fingerprint density at radius 1 is 1.18 bits per heavy atom. The summed E-state index contributed by atoms with van der Waals surface area (Å²) in [5, 5.41) is 0.855. The lowest BCUT2D eigenvalue weighted by molar-refractivity contribution is 0.100. The number of fused-ring (bicyclic) bond motifs is 1. The summed E-state index contributed by atoms with van der Waals surface area (Å²) in [6.45, 7) is -0.0819. The number of sulfone groups is 1. The summed E-state index contributed by atoms with van der Waals surface area (Å²) < 4.78 is 55.4. The van der Waals surface area contributed by atoms with Crippen molar-refractivity contribution in [2.45, 2.75) is 10.8 Å². The molecule has 0 saturated heterocycles. The summed E-state index contributed by atoms with van der Waals surface area (Å²) in [6.07, 6.45) is 2.20. The molecule has 0 aliphatic heterocycles. The van der Waals surface area contributed by atoms with Crippen molar-refractivity contribution in [2.24, 2.45) is 5.73 Å². The highest BCUT2D eigenvalue weighted by Crippen LogP contribution is 2.36. The van der Waals surface area contributed by atoms with Gasteiger partial charge < -0.3 is 10.2 Å². The van der Waals surface area contributed by atoms with Crippen molar-refractivity contribution in [1.29, 1.82) is 0 Å². The molecule has 0 unspecified atom stereocenters. The summed E-state index contributed by atoms with van der Waals surface area (Å²) in [7, 11) is -7.05. The number of aromatic nitrogens is 1. The van der Waals surface area contributed by atoms with Crippen LogP contribution in [-0.4, -0.2) is 52.5 Å². The lowest BCUT2D eigenvalue weighted by atomic mass is 10.0. The van der Waals surface area contributed by atoms with Crippen LogP contribution in [0.2, 0.25) is 5.02 Å². The number of sulfonamides is 1. The molecule has 2 N–H and O–H groups in total. The summed E-state index contributed by atoms with van der Waals surface area (Å²) in [5.74, 6) is -0.587. The van der Waals surface area contributed by atoms with Crippen molar-refractivity contribution in [3.8, 4) is 11.3 Å². The molecule has 0 atom stereocenters. The number of carbonyl (C=O) groups excluding carboxylic acids is 1. The summed E-state index contributed by atoms with van der Waals surface area (Å²) in [6, 6.07) is 8.23. The fourth-order valence-electron chi connectivity index (χ4n) is 3.32. The number of furan rings is 1. The minimum Gasteiger partial charge on any atom is -0.437 e. The third-order valence-electron chi connectivity index (χ3n) is 4.75. The molecule has 1 aromatic carbocycles. The molecule has 1 amide bonds. The van der Waals surface area contributed by atoms with Gasteiger partial charge in [0.15, 0.2) is 0 Å². The molecule has 0 spiro atoms. The molecule has 0 fully saturated rings. The number of primary amides is 1. The number of carbonyl (C=O) groups is 1. The average molecular weight is 626 g/mol. The first kappa shape index (κ1) is 25.7. The first-order valence-corrected chi connectivity index (χ1v) is 15.4. The summed E-state index contributed by atoms with van der Waals surface area (Å²) in [4.78, 5) is 16.7. The SMILES string of the molecule is CS(=O)(=O)CCCN(c1nc2oc(-c3ccc(Cl)cc3)c(C(N)=O)c2cc1CI)S(C)(=O)=O. The van der Waals surface area contributed by atoms with Gasteiger partial charge in [0.2, 0.25) is 15.7 Å². The molecule has 13 heteroatoms. The number of amides is 1. The van der Waals surface area contributed by atoms with Gasteiger partial charge in [-0.3, -0.25) is 9.10 Å². The number of nitrogens with two attached hydrogens (primary N) is 1. The second-order valence-corrected chi connectivity index (χ2v) is 12.8. The van der Waals surface area contributed by atoms with Crippen LogP contribution in [-0.2, 0) is 24.3 Å². The van der Waals surface area contributed by atoms with Crippen molar-refractivity contribution >= 4 is 76.9 Å². The number of alkyl halides is 1. The fraction of sp³-hybridized carbons (Fsp3) is 0.300. The Hall–Kier alpha value is -1.90. The van der Waals surface area contributed by atoms with Gasteiger partial charge in [-0.25, -0.2) is 16.8 Å². The second kappa shape index (κ2) is 9.76. The van der Waals surface area contributed by atoms with Gasteiger partial charge in [-0.2, -0.15) is 4.98 Å². The van der Waals surface area contributed by atoms with E-state index in [0.717, 1.165) is 16.8 Å². The zero-order valence-electron chi connectivity index (χ0n) is 17.7. The Morgan fingerprint density at radius 2 is 1.82 bits per heavy atom. The van der Waals surface area contributed by atoms with Gasteiger partial charge in [-0.15, -0.1) is 0 Å². The molecule has 0 radical (unpaired) electrons. The van der Waals surface area contributed by atoms with Crippen molar-refractivity contribution in [3.05, 3.63) is 46.5 Å². The third kappa shape index (κ3) is 5.97. The fourth-order valence-corrected chi connectivity index (χ4v) is 5.59. The highest BCUT2D eigenvalue weighted by molar-refractivity contribution is 14.1. The van der Waals surface area contributed by atoms with E-state index in [4.69, 9.17) is 21.8 Å². The van der Waals surface area contributed by atoms with Crippen molar-refractivity contribution in [1.82, 2.24) is 4.98 Å². The van der Waals surface area contributed by atoms with Crippen LogP contribution in [0.1, 0.15) is 22.3 Å². The lowest BCUT2D eigenvalue weighted by Crippen LogP contribution is -2.33. The monoisotopic (exact) mass is 625 g/mol. The van der Waals surface area contributed by atoms with E-state index in [1.54, 1.807) is 30.3 Å². The molecule has 33 heavy (non-hydrogen) atoms. The zero-order chi connectivity index (χ0) is 24.6. The number of pyridine rings is 1.